The number of rotatable bonds is 4. The maximum absolute atomic E-state index is 14.4. The number of nitrogens with zero attached hydrogens (tertiary/aromatic N) is 2. The average molecular weight is 465 g/mol. The highest BCUT2D eigenvalue weighted by atomic mass is 19.1. The van der Waals surface area contributed by atoms with Crippen LogP contribution < -0.4 is 11.1 Å². The van der Waals surface area contributed by atoms with Gasteiger partial charge in [-0.05, 0) is 56.3 Å². The van der Waals surface area contributed by atoms with Gasteiger partial charge in [0.2, 0.25) is 0 Å². The fraction of sp³-hybridized carbons (Fsp3) is 0.346. The van der Waals surface area contributed by atoms with Crippen molar-refractivity contribution >= 4 is 28.6 Å². The Morgan fingerprint density at radius 1 is 1.24 bits per heavy atom. The molecule has 1 aliphatic rings. The van der Waals surface area contributed by atoms with Gasteiger partial charge in [-0.1, -0.05) is 24.3 Å². The van der Waals surface area contributed by atoms with Crippen LogP contribution >= 0.6 is 0 Å². The van der Waals surface area contributed by atoms with E-state index in [2.05, 4.69) is 10.3 Å². The first-order chi connectivity index (χ1) is 16.0. The van der Waals surface area contributed by atoms with E-state index in [9.17, 15) is 14.0 Å². The van der Waals surface area contributed by atoms with Crippen molar-refractivity contribution in [3.8, 4) is 11.1 Å². The van der Waals surface area contributed by atoms with Crippen molar-refractivity contribution in [2.24, 2.45) is 5.92 Å². The van der Waals surface area contributed by atoms with Gasteiger partial charge in [0.05, 0.1) is 5.56 Å². The lowest BCUT2D eigenvalue weighted by Crippen LogP contribution is -2.54. The number of amides is 2. The summed E-state index contributed by atoms with van der Waals surface area (Å²) in [5.74, 6) is -0.372. The van der Waals surface area contributed by atoms with Crippen LogP contribution in [0.4, 0.5) is 15.0 Å². The zero-order valence-corrected chi connectivity index (χ0v) is 19.8. The van der Waals surface area contributed by atoms with Crippen LogP contribution in [-0.4, -0.2) is 47.1 Å². The molecule has 0 aliphatic carbocycles. The van der Waals surface area contributed by atoms with Crippen LogP contribution in [0.15, 0.2) is 42.6 Å². The minimum atomic E-state index is -0.542. The maximum Gasteiger partial charge on any atom is 0.410 e. The van der Waals surface area contributed by atoms with Crippen molar-refractivity contribution in [1.82, 2.24) is 15.2 Å². The number of halogens is 1. The summed E-state index contributed by atoms with van der Waals surface area (Å²) in [6.07, 6.45) is 1.24. The summed E-state index contributed by atoms with van der Waals surface area (Å²) in [6, 6.07) is 10.3. The first-order valence-electron chi connectivity index (χ1n) is 11.2. The van der Waals surface area contributed by atoms with E-state index in [1.807, 2.05) is 39.8 Å². The van der Waals surface area contributed by atoms with E-state index in [0.717, 1.165) is 5.56 Å². The molecule has 0 unspecified atom stereocenters. The number of fused-ring (bicyclic) bond motifs is 1. The van der Waals surface area contributed by atoms with Crippen molar-refractivity contribution in [2.75, 3.05) is 25.4 Å². The van der Waals surface area contributed by atoms with E-state index in [1.165, 1.54) is 6.07 Å². The Morgan fingerprint density at radius 3 is 2.65 bits per heavy atom. The smallest absolute Gasteiger partial charge is 0.410 e. The SMILES string of the molecule is Cc1cccc(F)c1-c1ccc2c(C(=O)NCC3CN(C(=O)OC(C)(C)C)C3)c(N)ncc2c1. The maximum atomic E-state index is 14.4. The molecule has 1 fully saturated rings. The number of likely N-dealkylation sites (tertiary alicyclic amines) is 1. The van der Waals surface area contributed by atoms with E-state index < -0.39 is 5.60 Å². The van der Waals surface area contributed by atoms with Crippen LogP contribution in [0.1, 0.15) is 36.7 Å². The minimum Gasteiger partial charge on any atom is -0.444 e. The summed E-state index contributed by atoms with van der Waals surface area (Å²) in [4.78, 5) is 30.9. The fourth-order valence-corrected chi connectivity index (χ4v) is 4.13. The van der Waals surface area contributed by atoms with Gasteiger partial charge in [-0.15, -0.1) is 0 Å². The topological polar surface area (TPSA) is 97.5 Å². The van der Waals surface area contributed by atoms with Gasteiger partial charge in [0.1, 0.15) is 17.2 Å². The molecule has 3 aromatic rings. The second-order valence-corrected chi connectivity index (χ2v) is 9.71. The molecule has 0 atom stereocenters. The van der Waals surface area contributed by atoms with Crippen molar-refractivity contribution in [3.63, 3.8) is 0 Å². The molecule has 0 spiro atoms. The van der Waals surface area contributed by atoms with Gasteiger partial charge in [-0.3, -0.25) is 4.79 Å². The van der Waals surface area contributed by atoms with Crippen LogP contribution in [0.5, 0.6) is 0 Å². The third kappa shape index (κ3) is 4.81. The number of nitrogens with two attached hydrogens (primary N) is 1. The first kappa shape index (κ1) is 23.5. The Labute approximate surface area is 198 Å². The molecule has 1 aliphatic heterocycles. The molecule has 1 aromatic heterocycles. The molecule has 7 nitrogen and oxygen atoms in total. The molecule has 0 radical (unpaired) electrons. The van der Waals surface area contributed by atoms with Gasteiger partial charge in [0, 0.05) is 42.7 Å². The molecular formula is C26H29FN4O3. The van der Waals surface area contributed by atoms with Gasteiger partial charge in [0.15, 0.2) is 0 Å². The highest BCUT2D eigenvalue weighted by Gasteiger charge is 2.34. The molecule has 3 N–H and O–H groups in total. The average Bonchev–Trinajstić information content (AvgIpc) is 2.71. The van der Waals surface area contributed by atoms with Crippen molar-refractivity contribution in [1.29, 1.82) is 0 Å². The van der Waals surface area contributed by atoms with E-state index in [0.29, 0.717) is 41.5 Å². The molecule has 4 rings (SSSR count). The molecule has 2 aromatic carbocycles. The third-order valence-electron chi connectivity index (χ3n) is 5.82. The molecule has 178 valence electrons. The van der Waals surface area contributed by atoms with E-state index in [4.69, 9.17) is 10.5 Å². The summed E-state index contributed by atoms with van der Waals surface area (Å²) in [6.45, 7) is 8.77. The van der Waals surface area contributed by atoms with E-state index in [1.54, 1.807) is 29.3 Å². The molecular weight excluding hydrogens is 435 g/mol. The molecule has 2 amide bonds. The molecule has 0 bridgehead atoms. The highest BCUT2D eigenvalue weighted by molar-refractivity contribution is 6.11. The van der Waals surface area contributed by atoms with Crippen LogP contribution in [0, 0.1) is 18.7 Å². The number of hydrogen-bond acceptors (Lipinski definition) is 5. The second kappa shape index (κ2) is 8.93. The van der Waals surface area contributed by atoms with Crippen LogP contribution in [0.2, 0.25) is 0 Å². The number of benzene rings is 2. The summed E-state index contributed by atoms with van der Waals surface area (Å²) in [5.41, 5.74) is 7.85. The zero-order chi connectivity index (χ0) is 24.6. The number of carbonyl (C=O) groups is 2. The highest BCUT2D eigenvalue weighted by Crippen LogP contribution is 2.31. The number of nitrogen functional groups attached to an aromatic ring is 1. The van der Waals surface area contributed by atoms with Gasteiger partial charge in [0.25, 0.3) is 5.91 Å². The Morgan fingerprint density at radius 2 is 1.97 bits per heavy atom. The zero-order valence-electron chi connectivity index (χ0n) is 19.8. The Bertz CT molecular complexity index is 1240. The van der Waals surface area contributed by atoms with Gasteiger partial charge >= 0.3 is 6.09 Å². The second-order valence-electron chi connectivity index (χ2n) is 9.71. The Balaban J connectivity index is 1.47. The normalized spacial score (nSPS) is 14.1. The van der Waals surface area contributed by atoms with Crippen LogP contribution in [0.3, 0.4) is 0 Å². The number of ether oxygens (including phenoxy) is 1. The number of aryl methyl sites for hydroxylation is 1. The number of nitrogens with one attached hydrogen (secondary N) is 1. The number of hydrogen-bond donors (Lipinski definition) is 2. The monoisotopic (exact) mass is 464 g/mol. The molecule has 1 saturated heterocycles. The largest absolute Gasteiger partial charge is 0.444 e. The lowest BCUT2D eigenvalue weighted by atomic mass is 9.96. The third-order valence-corrected chi connectivity index (χ3v) is 5.82. The Hall–Kier alpha value is -3.68. The van der Waals surface area contributed by atoms with Crippen LogP contribution in [0.25, 0.3) is 21.9 Å². The summed E-state index contributed by atoms with van der Waals surface area (Å²) in [5, 5.41) is 4.25. The number of pyridine rings is 1. The quantitative estimate of drug-likeness (QED) is 0.591. The van der Waals surface area contributed by atoms with Crippen molar-refractivity contribution in [3.05, 3.63) is 59.5 Å². The van der Waals surface area contributed by atoms with Gasteiger partial charge in [-0.25, -0.2) is 14.2 Å². The number of anilines is 1. The summed E-state index contributed by atoms with van der Waals surface area (Å²) >= 11 is 0. The first-order valence-corrected chi connectivity index (χ1v) is 11.2. The molecule has 0 saturated carbocycles. The lowest BCUT2D eigenvalue weighted by Gasteiger charge is -2.39. The Kier molecular flexibility index (Phi) is 6.17. The predicted molar refractivity (Wildman–Crippen MR) is 130 cm³/mol. The summed E-state index contributed by atoms with van der Waals surface area (Å²) in [7, 11) is 0. The van der Waals surface area contributed by atoms with Gasteiger partial charge in [-0.2, -0.15) is 0 Å². The molecule has 34 heavy (non-hydrogen) atoms. The number of aromatic nitrogens is 1. The van der Waals surface area contributed by atoms with Gasteiger partial charge < -0.3 is 20.7 Å². The van der Waals surface area contributed by atoms with E-state index >= 15 is 0 Å². The summed E-state index contributed by atoms with van der Waals surface area (Å²) < 4.78 is 19.8. The molecule has 8 heteroatoms. The van der Waals surface area contributed by atoms with Crippen molar-refractivity contribution in [2.45, 2.75) is 33.3 Å². The van der Waals surface area contributed by atoms with E-state index in [-0.39, 0.29) is 35.1 Å². The standard InChI is InChI=1S/C26H29FN4O3/c1-15-6-5-7-20(27)21(15)17-8-9-19-18(10-17)12-29-23(28)22(19)24(32)30-11-16-13-31(14-16)25(33)34-26(2,3)4/h5-10,12,16H,11,13-14H2,1-4H3,(H2,28,29)(H,30,32). The predicted octanol–water partition coefficient (Wildman–Crippen LogP) is 4.53. The van der Waals surface area contributed by atoms with Crippen LogP contribution in [-0.2, 0) is 4.74 Å². The fourth-order valence-electron chi connectivity index (χ4n) is 4.13. The molecule has 2 heterocycles. The van der Waals surface area contributed by atoms with Crippen molar-refractivity contribution < 1.29 is 18.7 Å². The lowest BCUT2D eigenvalue weighted by molar-refractivity contribution is -0.000530. The minimum absolute atomic E-state index is 0.129. The number of carbonyl (C=O) groups excluding carboxylic acids is 2.